The Labute approximate surface area is 201 Å². The number of pyridine rings is 1. The van der Waals surface area contributed by atoms with Crippen molar-refractivity contribution in [2.75, 3.05) is 31.1 Å². The molecule has 0 atom stereocenters. The number of hydrogen-bond acceptors (Lipinski definition) is 5. The fourth-order valence-corrected chi connectivity index (χ4v) is 4.80. The number of rotatable bonds is 4. The lowest BCUT2D eigenvalue weighted by Gasteiger charge is -2.23. The molecule has 2 aromatic carbocycles. The van der Waals surface area contributed by atoms with E-state index in [-0.39, 0.29) is 17.4 Å². The fourth-order valence-electron chi connectivity index (χ4n) is 4.80. The highest BCUT2D eigenvalue weighted by Gasteiger charge is 2.29. The van der Waals surface area contributed by atoms with Crippen molar-refractivity contribution >= 4 is 28.3 Å². The molecule has 9 heteroatoms. The van der Waals surface area contributed by atoms with Crippen LogP contribution in [0.5, 0.6) is 0 Å². The Morgan fingerprint density at radius 1 is 1.00 bits per heavy atom. The molecule has 0 unspecified atom stereocenters. The van der Waals surface area contributed by atoms with Crippen LogP contribution in [0.25, 0.3) is 22.2 Å². The summed E-state index contributed by atoms with van der Waals surface area (Å²) in [6.45, 7) is 2.21. The number of carbonyl (C=O) groups excluding carboxylic acids is 1. The molecular formula is C26H24FN5O3. The van der Waals surface area contributed by atoms with E-state index in [1.165, 1.54) is 18.3 Å². The lowest BCUT2D eigenvalue weighted by molar-refractivity contribution is -0.385. The van der Waals surface area contributed by atoms with Crippen LogP contribution < -0.4 is 4.90 Å². The largest absolute Gasteiger partial charge is 0.355 e. The van der Waals surface area contributed by atoms with Gasteiger partial charge in [-0.1, -0.05) is 42.5 Å². The smallest absolute Gasteiger partial charge is 0.287 e. The summed E-state index contributed by atoms with van der Waals surface area (Å²) >= 11 is 0. The summed E-state index contributed by atoms with van der Waals surface area (Å²) in [5.74, 6) is 0.133. The van der Waals surface area contributed by atoms with E-state index in [2.05, 4.69) is 4.98 Å². The van der Waals surface area contributed by atoms with E-state index in [0.717, 1.165) is 5.56 Å². The van der Waals surface area contributed by atoms with Crippen molar-refractivity contribution in [3.8, 4) is 11.3 Å². The highest BCUT2D eigenvalue weighted by molar-refractivity contribution is 6.13. The molecule has 0 saturated carbocycles. The molecular weight excluding hydrogens is 449 g/mol. The number of anilines is 1. The molecule has 8 nitrogen and oxygen atoms in total. The van der Waals surface area contributed by atoms with Crippen LogP contribution in [0.4, 0.5) is 15.9 Å². The normalized spacial score (nSPS) is 14.2. The molecule has 1 amide bonds. The molecule has 1 aliphatic heterocycles. The standard InChI is InChI=1S/C26H24FN5O3/c1-29-24(18-7-3-2-4-8-18)23(20-9-5-10-21(27)25(20)29)26(33)31-14-6-13-30(15-16-31)22-12-11-19(17-28-22)32(34)35/h2-5,7-12,17H,6,13-16H2,1H3. The predicted molar refractivity (Wildman–Crippen MR) is 132 cm³/mol. The van der Waals surface area contributed by atoms with Gasteiger partial charge in [-0.05, 0) is 24.1 Å². The molecule has 1 fully saturated rings. The highest BCUT2D eigenvalue weighted by Crippen LogP contribution is 2.35. The van der Waals surface area contributed by atoms with Crippen molar-refractivity contribution in [2.24, 2.45) is 7.05 Å². The van der Waals surface area contributed by atoms with E-state index in [9.17, 15) is 19.3 Å². The lowest BCUT2D eigenvalue weighted by Crippen LogP contribution is -2.35. The Balaban J connectivity index is 1.48. The number of nitro groups is 1. The number of hydrogen-bond donors (Lipinski definition) is 0. The molecule has 178 valence electrons. The molecule has 0 N–H and O–H groups in total. The Bertz CT molecular complexity index is 1400. The van der Waals surface area contributed by atoms with Crippen LogP contribution in [0.15, 0.2) is 66.9 Å². The number of amides is 1. The molecule has 1 saturated heterocycles. The first-order valence-corrected chi connectivity index (χ1v) is 11.4. The molecule has 0 aliphatic carbocycles. The molecule has 0 radical (unpaired) electrons. The van der Waals surface area contributed by atoms with Gasteiger partial charge in [0.25, 0.3) is 11.6 Å². The SMILES string of the molecule is Cn1c(-c2ccccc2)c(C(=O)N2CCCN(c3ccc([N+](=O)[O-])cn3)CC2)c2cccc(F)c21. The fraction of sp³-hybridized carbons (Fsp3) is 0.231. The van der Waals surface area contributed by atoms with E-state index >= 15 is 0 Å². The second-order valence-electron chi connectivity index (χ2n) is 8.55. The first kappa shape index (κ1) is 22.5. The second kappa shape index (κ2) is 9.17. The van der Waals surface area contributed by atoms with Gasteiger partial charge in [0.15, 0.2) is 0 Å². The minimum absolute atomic E-state index is 0.0583. The molecule has 35 heavy (non-hydrogen) atoms. The summed E-state index contributed by atoms with van der Waals surface area (Å²) < 4.78 is 16.6. The van der Waals surface area contributed by atoms with Gasteiger partial charge in [-0.15, -0.1) is 0 Å². The predicted octanol–water partition coefficient (Wildman–Crippen LogP) is 4.64. The topological polar surface area (TPSA) is 84.5 Å². The summed E-state index contributed by atoms with van der Waals surface area (Å²) in [6.07, 6.45) is 1.96. The summed E-state index contributed by atoms with van der Waals surface area (Å²) in [7, 11) is 1.79. The zero-order valence-corrected chi connectivity index (χ0v) is 19.2. The van der Waals surface area contributed by atoms with E-state index in [4.69, 9.17) is 0 Å². The average molecular weight is 474 g/mol. The first-order valence-electron chi connectivity index (χ1n) is 11.4. The maximum Gasteiger partial charge on any atom is 0.287 e. The summed E-state index contributed by atoms with van der Waals surface area (Å²) in [5.41, 5.74) is 2.38. The quantitative estimate of drug-likeness (QED) is 0.318. The molecule has 0 spiro atoms. The molecule has 1 aliphatic rings. The molecule has 3 heterocycles. The number of para-hydroxylation sites is 1. The van der Waals surface area contributed by atoms with Crippen molar-refractivity contribution in [2.45, 2.75) is 6.42 Å². The molecule has 4 aromatic rings. The average Bonchev–Trinajstić information content (AvgIpc) is 3.01. The van der Waals surface area contributed by atoms with E-state index in [1.54, 1.807) is 34.7 Å². The summed E-state index contributed by atoms with van der Waals surface area (Å²) in [4.78, 5) is 32.4. The minimum atomic E-state index is -0.475. The highest BCUT2D eigenvalue weighted by atomic mass is 19.1. The zero-order valence-electron chi connectivity index (χ0n) is 19.2. The maximum atomic E-state index is 14.8. The van der Waals surface area contributed by atoms with Gasteiger partial charge in [-0.2, -0.15) is 0 Å². The van der Waals surface area contributed by atoms with Crippen LogP contribution in [0.2, 0.25) is 0 Å². The third-order valence-electron chi connectivity index (χ3n) is 6.48. The van der Waals surface area contributed by atoms with Gasteiger partial charge >= 0.3 is 0 Å². The van der Waals surface area contributed by atoms with Gasteiger partial charge in [0.2, 0.25) is 0 Å². The van der Waals surface area contributed by atoms with Gasteiger partial charge in [0.1, 0.15) is 17.8 Å². The Morgan fingerprint density at radius 3 is 2.51 bits per heavy atom. The number of aromatic nitrogens is 2. The number of benzene rings is 2. The van der Waals surface area contributed by atoms with E-state index in [0.29, 0.717) is 60.6 Å². The molecule has 2 aromatic heterocycles. The number of carbonyl (C=O) groups is 1. The molecule has 0 bridgehead atoms. The Morgan fingerprint density at radius 2 is 1.80 bits per heavy atom. The van der Waals surface area contributed by atoms with Crippen LogP contribution in [-0.4, -0.2) is 51.5 Å². The monoisotopic (exact) mass is 473 g/mol. The lowest BCUT2D eigenvalue weighted by atomic mass is 10.0. The third kappa shape index (κ3) is 4.09. The van der Waals surface area contributed by atoms with Crippen molar-refractivity contribution in [3.63, 3.8) is 0 Å². The van der Waals surface area contributed by atoms with Gasteiger partial charge < -0.3 is 14.4 Å². The van der Waals surface area contributed by atoms with Crippen LogP contribution in [0, 0.1) is 15.9 Å². The summed E-state index contributed by atoms with van der Waals surface area (Å²) in [6, 6.07) is 17.5. The first-order chi connectivity index (χ1) is 17.0. The maximum absolute atomic E-state index is 14.8. The van der Waals surface area contributed by atoms with Crippen molar-refractivity contribution in [3.05, 3.63) is 88.4 Å². The van der Waals surface area contributed by atoms with Gasteiger partial charge in [-0.3, -0.25) is 14.9 Å². The summed E-state index contributed by atoms with van der Waals surface area (Å²) in [5, 5.41) is 11.5. The van der Waals surface area contributed by atoms with Gasteiger partial charge in [-0.25, -0.2) is 9.37 Å². The Hall–Kier alpha value is -4.27. The number of nitrogens with zero attached hydrogens (tertiary/aromatic N) is 5. The van der Waals surface area contributed by atoms with Crippen LogP contribution in [0.3, 0.4) is 0 Å². The van der Waals surface area contributed by atoms with Crippen molar-refractivity contribution in [1.82, 2.24) is 14.5 Å². The zero-order chi connectivity index (χ0) is 24.5. The Kier molecular flexibility index (Phi) is 5.90. The molecule has 5 rings (SSSR count). The van der Waals surface area contributed by atoms with Gasteiger partial charge in [0.05, 0.1) is 21.7 Å². The third-order valence-corrected chi connectivity index (χ3v) is 6.48. The van der Waals surface area contributed by atoms with Crippen molar-refractivity contribution in [1.29, 1.82) is 0 Å². The van der Waals surface area contributed by atoms with Gasteiger partial charge in [0, 0.05) is 44.7 Å². The van der Waals surface area contributed by atoms with E-state index in [1.807, 2.05) is 35.2 Å². The second-order valence-corrected chi connectivity index (χ2v) is 8.55. The van der Waals surface area contributed by atoms with E-state index < -0.39 is 4.92 Å². The number of fused-ring (bicyclic) bond motifs is 1. The number of aryl methyl sites for hydroxylation is 1. The van der Waals surface area contributed by atoms with Crippen LogP contribution in [-0.2, 0) is 7.05 Å². The van der Waals surface area contributed by atoms with Crippen LogP contribution in [0.1, 0.15) is 16.8 Å². The van der Waals surface area contributed by atoms with Crippen molar-refractivity contribution < 1.29 is 14.1 Å². The number of halogens is 1. The van der Waals surface area contributed by atoms with Crippen LogP contribution >= 0.6 is 0 Å². The minimum Gasteiger partial charge on any atom is -0.355 e.